The molecule has 4 nitrogen and oxygen atoms in total. The van der Waals surface area contributed by atoms with E-state index >= 15 is 0 Å². The first-order valence-corrected chi connectivity index (χ1v) is 7.75. The zero-order chi connectivity index (χ0) is 14.5. The van der Waals surface area contributed by atoms with Gasteiger partial charge >= 0.3 is 0 Å². The van der Waals surface area contributed by atoms with Crippen molar-refractivity contribution in [3.63, 3.8) is 0 Å². The number of likely N-dealkylation sites (N-methyl/N-ethyl adjacent to an activating group) is 1. The Bertz CT molecular complexity index is 510. The Morgan fingerprint density at radius 1 is 1.40 bits per heavy atom. The molecule has 0 radical (unpaired) electrons. The van der Waals surface area contributed by atoms with Gasteiger partial charge in [-0.25, -0.2) is 4.98 Å². The molecule has 0 aliphatic carbocycles. The second-order valence-corrected chi connectivity index (χ2v) is 6.21. The van der Waals surface area contributed by atoms with Crippen molar-refractivity contribution in [1.82, 2.24) is 14.9 Å². The summed E-state index contributed by atoms with van der Waals surface area (Å²) in [6.45, 7) is 9.82. The minimum absolute atomic E-state index is 0.490. The minimum Gasteiger partial charge on any atom is -0.338 e. The SMILES string of the molecule is C=C(C=CC)Sc1cnc(N2CCN(C)CC2)nc1Cl. The fraction of sp³-hybridized carbons (Fsp3) is 0.429. The number of piperazine rings is 1. The maximum absolute atomic E-state index is 6.25. The van der Waals surface area contributed by atoms with E-state index in [1.165, 1.54) is 11.8 Å². The van der Waals surface area contributed by atoms with Crippen LogP contribution in [0.3, 0.4) is 0 Å². The molecule has 1 saturated heterocycles. The van der Waals surface area contributed by atoms with E-state index in [4.69, 9.17) is 11.6 Å². The number of nitrogens with zero attached hydrogens (tertiary/aromatic N) is 4. The van der Waals surface area contributed by atoms with Crippen molar-refractivity contribution in [3.8, 4) is 0 Å². The van der Waals surface area contributed by atoms with Gasteiger partial charge in [0, 0.05) is 37.3 Å². The lowest BCUT2D eigenvalue weighted by atomic mass is 10.3. The second kappa shape index (κ2) is 7.11. The van der Waals surface area contributed by atoms with Gasteiger partial charge in [0.1, 0.15) is 5.15 Å². The Morgan fingerprint density at radius 2 is 2.10 bits per heavy atom. The summed E-state index contributed by atoms with van der Waals surface area (Å²) in [6.07, 6.45) is 5.67. The zero-order valence-corrected chi connectivity index (χ0v) is 13.4. The third-order valence-electron chi connectivity index (χ3n) is 3.08. The average molecular weight is 311 g/mol. The van der Waals surface area contributed by atoms with Crippen molar-refractivity contribution in [2.24, 2.45) is 0 Å². The Labute approximate surface area is 129 Å². The maximum Gasteiger partial charge on any atom is 0.226 e. The van der Waals surface area contributed by atoms with Gasteiger partial charge in [-0.15, -0.1) is 0 Å². The number of hydrogen-bond donors (Lipinski definition) is 0. The first-order chi connectivity index (χ1) is 9.60. The molecule has 0 bridgehead atoms. The Kier molecular flexibility index (Phi) is 5.46. The average Bonchev–Trinajstić information content (AvgIpc) is 2.42. The van der Waals surface area contributed by atoms with Crippen LogP contribution in [0.2, 0.25) is 5.15 Å². The molecule has 0 saturated carbocycles. The molecule has 0 spiro atoms. The lowest BCUT2D eigenvalue weighted by molar-refractivity contribution is 0.311. The van der Waals surface area contributed by atoms with E-state index in [1.807, 2.05) is 19.1 Å². The Hall–Kier alpha value is -1.04. The maximum atomic E-state index is 6.25. The minimum atomic E-state index is 0.490. The number of hydrogen-bond acceptors (Lipinski definition) is 5. The summed E-state index contributed by atoms with van der Waals surface area (Å²) in [5.74, 6) is 0.712. The molecule has 1 aliphatic heterocycles. The van der Waals surface area contributed by atoms with Crippen LogP contribution in [-0.4, -0.2) is 48.1 Å². The molecule has 1 aromatic heterocycles. The highest BCUT2D eigenvalue weighted by Crippen LogP contribution is 2.31. The molecule has 0 N–H and O–H groups in total. The summed E-state index contributed by atoms with van der Waals surface area (Å²) in [4.78, 5) is 15.1. The van der Waals surface area contributed by atoms with Gasteiger partial charge in [0.15, 0.2) is 0 Å². The van der Waals surface area contributed by atoms with E-state index in [0.717, 1.165) is 36.0 Å². The number of anilines is 1. The predicted molar refractivity (Wildman–Crippen MR) is 86.6 cm³/mol. The van der Waals surface area contributed by atoms with Crippen molar-refractivity contribution in [2.75, 3.05) is 38.1 Å². The van der Waals surface area contributed by atoms with E-state index in [1.54, 1.807) is 6.20 Å². The molecule has 1 aliphatic rings. The summed E-state index contributed by atoms with van der Waals surface area (Å²) < 4.78 is 0. The first-order valence-electron chi connectivity index (χ1n) is 6.55. The molecule has 1 fully saturated rings. The van der Waals surface area contributed by atoms with Crippen LogP contribution in [0.1, 0.15) is 6.92 Å². The van der Waals surface area contributed by atoms with E-state index in [2.05, 4.69) is 33.4 Å². The summed E-state index contributed by atoms with van der Waals surface area (Å²) in [6, 6.07) is 0. The van der Waals surface area contributed by atoms with Gasteiger partial charge in [0.2, 0.25) is 5.95 Å². The number of thioether (sulfide) groups is 1. The number of halogens is 1. The molecule has 2 rings (SSSR count). The van der Waals surface area contributed by atoms with Gasteiger partial charge < -0.3 is 9.80 Å². The van der Waals surface area contributed by atoms with Crippen molar-refractivity contribution < 1.29 is 0 Å². The van der Waals surface area contributed by atoms with Gasteiger partial charge in [0.05, 0.1) is 4.90 Å². The number of aromatic nitrogens is 2. The van der Waals surface area contributed by atoms with Crippen LogP contribution >= 0.6 is 23.4 Å². The Balaban J connectivity index is 2.07. The van der Waals surface area contributed by atoms with E-state index in [9.17, 15) is 0 Å². The van der Waals surface area contributed by atoms with E-state index in [0.29, 0.717) is 11.1 Å². The lowest BCUT2D eigenvalue weighted by Crippen LogP contribution is -2.45. The van der Waals surface area contributed by atoms with Crippen LogP contribution in [0, 0.1) is 0 Å². The molecule has 6 heteroatoms. The first kappa shape index (κ1) is 15.4. The second-order valence-electron chi connectivity index (χ2n) is 4.68. The lowest BCUT2D eigenvalue weighted by Gasteiger charge is -2.32. The van der Waals surface area contributed by atoms with Crippen LogP contribution in [0.15, 0.2) is 34.7 Å². The van der Waals surface area contributed by atoms with Gasteiger partial charge in [-0.3, -0.25) is 0 Å². The van der Waals surface area contributed by atoms with Crippen LogP contribution in [0.25, 0.3) is 0 Å². The third-order valence-corrected chi connectivity index (χ3v) is 4.40. The smallest absolute Gasteiger partial charge is 0.226 e. The molecular weight excluding hydrogens is 292 g/mol. The number of allylic oxidation sites excluding steroid dienone is 2. The molecule has 1 aromatic rings. The molecule has 0 atom stereocenters. The standard InChI is InChI=1S/C14H19ClN4S/c1-4-5-11(2)20-12-10-16-14(17-13(12)15)19-8-6-18(3)7-9-19/h4-5,10H,2,6-9H2,1,3H3. The number of rotatable bonds is 4. The predicted octanol–water partition coefficient (Wildman–Crippen LogP) is 3.06. The zero-order valence-electron chi connectivity index (χ0n) is 11.8. The molecule has 0 unspecified atom stereocenters. The van der Waals surface area contributed by atoms with Gasteiger partial charge in [-0.2, -0.15) is 4.98 Å². The topological polar surface area (TPSA) is 32.3 Å². The highest BCUT2D eigenvalue weighted by Gasteiger charge is 2.17. The largest absolute Gasteiger partial charge is 0.338 e. The third kappa shape index (κ3) is 3.98. The van der Waals surface area contributed by atoms with Crippen LogP contribution < -0.4 is 4.90 Å². The fourth-order valence-corrected chi connectivity index (χ4v) is 2.89. The summed E-state index contributed by atoms with van der Waals surface area (Å²) >= 11 is 7.73. The van der Waals surface area contributed by atoms with Crippen LogP contribution in [0.5, 0.6) is 0 Å². The van der Waals surface area contributed by atoms with Gasteiger partial charge in [0.25, 0.3) is 0 Å². The molecule has 20 heavy (non-hydrogen) atoms. The highest BCUT2D eigenvalue weighted by molar-refractivity contribution is 8.03. The monoisotopic (exact) mass is 310 g/mol. The van der Waals surface area contributed by atoms with Crippen LogP contribution in [-0.2, 0) is 0 Å². The Morgan fingerprint density at radius 3 is 2.70 bits per heavy atom. The molecule has 2 heterocycles. The van der Waals surface area contributed by atoms with Crippen molar-refractivity contribution in [3.05, 3.63) is 35.0 Å². The van der Waals surface area contributed by atoms with E-state index in [-0.39, 0.29) is 0 Å². The summed E-state index contributed by atoms with van der Waals surface area (Å²) in [7, 11) is 2.12. The summed E-state index contributed by atoms with van der Waals surface area (Å²) in [5.41, 5.74) is 0. The van der Waals surface area contributed by atoms with Gasteiger partial charge in [-0.1, -0.05) is 42.1 Å². The van der Waals surface area contributed by atoms with Gasteiger partial charge in [-0.05, 0) is 14.0 Å². The fourth-order valence-electron chi connectivity index (χ4n) is 1.93. The van der Waals surface area contributed by atoms with Crippen molar-refractivity contribution in [1.29, 1.82) is 0 Å². The van der Waals surface area contributed by atoms with E-state index < -0.39 is 0 Å². The quantitative estimate of drug-likeness (QED) is 0.485. The van der Waals surface area contributed by atoms with Crippen molar-refractivity contribution >= 4 is 29.3 Å². The van der Waals surface area contributed by atoms with Crippen LogP contribution in [0.4, 0.5) is 5.95 Å². The molecule has 0 amide bonds. The normalized spacial score (nSPS) is 16.9. The molecule has 108 valence electrons. The van der Waals surface area contributed by atoms with Crippen molar-refractivity contribution in [2.45, 2.75) is 11.8 Å². The highest BCUT2D eigenvalue weighted by atomic mass is 35.5. The molecule has 0 aromatic carbocycles. The molecular formula is C14H19ClN4S. The summed E-state index contributed by atoms with van der Waals surface area (Å²) in [5, 5.41) is 0.490.